The van der Waals surface area contributed by atoms with E-state index in [2.05, 4.69) is 27.7 Å². The molecule has 0 radical (unpaired) electrons. The zero-order valence-electron chi connectivity index (χ0n) is 11.8. The Labute approximate surface area is 121 Å². The first-order chi connectivity index (χ1) is 9.42. The highest BCUT2D eigenvalue weighted by Crippen LogP contribution is 2.27. The van der Waals surface area contributed by atoms with E-state index in [4.69, 9.17) is 0 Å². The van der Waals surface area contributed by atoms with E-state index in [-0.39, 0.29) is 0 Å². The van der Waals surface area contributed by atoms with Crippen LogP contribution in [0.1, 0.15) is 37.0 Å². The minimum atomic E-state index is 0.761. The van der Waals surface area contributed by atoms with Gasteiger partial charge in [-0.25, -0.2) is 0 Å². The molecule has 0 amide bonds. The fourth-order valence-electron chi connectivity index (χ4n) is 3.62. The van der Waals surface area contributed by atoms with Crippen molar-refractivity contribution in [1.82, 2.24) is 10.2 Å². The summed E-state index contributed by atoms with van der Waals surface area (Å²) in [6.45, 7) is 4.93. The van der Waals surface area contributed by atoms with E-state index in [1.165, 1.54) is 69.6 Å². The van der Waals surface area contributed by atoms with Crippen molar-refractivity contribution in [3.63, 3.8) is 0 Å². The Bertz CT molecular complexity index is 357. The molecule has 1 unspecified atom stereocenters. The van der Waals surface area contributed by atoms with Crippen LogP contribution in [0.15, 0.2) is 17.5 Å². The molecule has 106 valence electrons. The largest absolute Gasteiger partial charge is 0.311 e. The molecule has 2 nitrogen and oxygen atoms in total. The molecule has 2 heterocycles. The third-order valence-electron chi connectivity index (χ3n) is 4.76. The molecule has 1 aromatic rings. The number of rotatable bonds is 4. The van der Waals surface area contributed by atoms with Crippen molar-refractivity contribution in [2.45, 2.75) is 44.6 Å². The molecular formula is C16H26N2S. The number of hydrogen-bond donors (Lipinski definition) is 1. The third kappa shape index (κ3) is 3.80. The molecule has 1 saturated heterocycles. The lowest BCUT2D eigenvalue weighted by Crippen LogP contribution is -2.54. The lowest BCUT2D eigenvalue weighted by atomic mass is 9.83. The van der Waals surface area contributed by atoms with Crippen LogP contribution in [-0.4, -0.2) is 37.1 Å². The summed E-state index contributed by atoms with van der Waals surface area (Å²) in [6, 6.07) is 5.20. The molecule has 0 aromatic carbocycles. The van der Waals surface area contributed by atoms with Gasteiger partial charge in [-0.1, -0.05) is 25.3 Å². The second-order valence-electron chi connectivity index (χ2n) is 6.09. The second-order valence-corrected chi connectivity index (χ2v) is 7.12. The van der Waals surface area contributed by atoms with Gasteiger partial charge in [-0.2, -0.15) is 0 Å². The van der Waals surface area contributed by atoms with Crippen LogP contribution in [0.25, 0.3) is 0 Å². The summed E-state index contributed by atoms with van der Waals surface area (Å²) in [5.41, 5.74) is 0. The Kier molecular flexibility index (Phi) is 4.91. The lowest BCUT2D eigenvalue weighted by molar-refractivity contribution is 0.147. The summed E-state index contributed by atoms with van der Waals surface area (Å²) in [7, 11) is 0. The molecular weight excluding hydrogens is 252 g/mol. The first-order valence-corrected chi connectivity index (χ1v) is 8.78. The highest BCUT2D eigenvalue weighted by molar-refractivity contribution is 7.09. The summed E-state index contributed by atoms with van der Waals surface area (Å²) >= 11 is 1.90. The molecule has 1 atom stereocenters. The molecule has 3 heteroatoms. The van der Waals surface area contributed by atoms with Crippen LogP contribution >= 0.6 is 11.3 Å². The Morgan fingerprint density at radius 1 is 1.26 bits per heavy atom. The Morgan fingerprint density at radius 3 is 2.95 bits per heavy atom. The third-order valence-corrected chi connectivity index (χ3v) is 5.70. The van der Waals surface area contributed by atoms with E-state index >= 15 is 0 Å². The zero-order valence-corrected chi connectivity index (χ0v) is 12.6. The van der Waals surface area contributed by atoms with Crippen LogP contribution in [0.5, 0.6) is 0 Å². The van der Waals surface area contributed by atoms with Gasteiger partial charge < -0.3 is 10.2 Å². The maximum atomic E-state index is 3.77. The SMILES string of the molecule is c1csc(CCN2CCNC(C3CCCCC3)C2)c1. The molecule has 1 aliphatic carbocycles. The van der Waals surface area contributed by atoms with Crippen LogP contribution in [0.4, 0.5) is 0 Å². The predicted molar refractivity (Wildman–Crippen MR) is 82.8 cm³/mol. The van der Waals surface area contributed by atoms with Crippen LogP contribution in [0.3, 0.4) is 0 Å². The monoisotopic (exact) mass is 278 g/mol. The number of piperazine rings is 1. The standard InChI is InChI=1S/C16H26N2S/c1-2-5-14(6-3-1)16-13-18(11-9-17-16)10-8-15-7-4-12-19-15/h4,7,12,14,16-17H,1-3,5-6,8-11,13H2. The molecule has 1 aromatic heterocycles. The fourth-order valence-corrected chi connectivity index (χ4v) is 4.32. The van der Waals surface area contributed by atoms with Crippen molar-refractivity contribution < 1.29 is 0 Å². The molecule has 2 fully saturated rings. The van der Waals surface area contributed by atoms with Gasteiger partial charge >= 0.3 is 0 Å². The maximum Gasteiger partial charge on any atom is 0.0223 e. The second kappa shape index (κ2) is 6.87. The van der Waals surface area contributed by atoms with E-state index in [1.807, 2.05) is 11.3 Å². The summed E-state index contributed by atoms with van der Waals surface area (Å²) in [5.74, 6) is 0.943. The average molecular weight is 278 g/mol. The van der Waals surface area contributed by atoms with Crippen molar-refractivity contribution in [1.29, 1.82) is 0 Å². The zero-order chi connectivity index (χ0) is 12.9. The van der Waals surface area contributed by atoms with Gasteiger partial charge in [0.2, 0.25) is 0 Å². The normalized spacial score (nSPS) is 26.6. The highest BCUT2D eigenvalue weighted by atomic mass is 32.1. The van der Waals surface area contributed by atoms with Gasteiger partial charge in [-0.05, 0) is 36.6 Å². The first kappa shape index (κ1) is 13.6. The van der Waals surface area contributed by atoms with Gasteiger partial charge in [0.1, 0.15) is 0 Å². The number of nitrogens with zero attached hydrogens (tertiary/aromatic N) is 1. The molecule has 2 aliphatic rings. The predicted octanol–water partition coefficient (Wildman–Crippen LogP) is 3.14. The summed E-state index contributed by atoms with van der Waals surface area (Å²) in [6.07, 6.45) is 8.52. The number of thiophene rings is 1. The summed E-state index contributed by atoms with van der Waals surface area (Å²) < 4.78 is 0. The maximum absolute atomic E-state index is 3.77. The van der Waals surface area contributed by atoms with Gasteiger partial charge in [0.25, 0.3) is 0 Å². The highest BCUT2D eigenvalue weighted by Gasteiger charge is 2.27. The van der Waals surface area contributed by atoms with Gasteiger partial charge in [-0.3, -0.25) is 0 Å². The molecule has 1 saturated carbocycles. The minimum Gasteiger partial charge on any atom is -0.311 e. The van der Waals surface area contributed by atoms with Gasteiger partial charge in [0.15, 0.2) is 0 Å². The van der Waals surface area contributed by atoms with Crippen LogP contribution in [-0.2, 0) is 6.42 Å². The molecule has 3 rings (SSSR count). The smallest absolute Gasteiger partial charge is 0.0223 e. The molecule has 19 heavy (non-hydrogen) atoms. The van der Waals surface area contributed by atoms with E-state index in [0.717, 1.165) is 12.0 Å². The van der Waals surface area contributed by atoms with Gasteiger partial charge in [-0.15, -0.1) is 11.3 Å². The Balaban J connectivity index is 1.47. The fraction of sp³-hybridized carbons (Fsp3) is 0.750. The van der Waals surface area contributed by atoms with Crippen LogP contribution < -0.4 is 5.32 Å². The van der Waals surface area contributed by atoms with Crippen LogP contribution in [0, 0.1) is 5.92 Å². The van der Waals surface area contributed by atoms with Crippen molar-refractivity contribution >= 4 is 11.3 Å². The van der Waals surface area contributed by atoms with E-state index in [0.29, 0.717) is 0 Å². The molecule has 0 spiro atoms. The number of hydrogen-bond acceptors (Lipinski definition) is 3. The van der Waals surface area contributed by atoms with E-state index in [1.54, 1.807) is 0 Å². The molecule has 0 bridgehead atoms. The number of nitrogens with one attached hydrogen (secondary N) is 1. The van der Waals surface area contributed by atoms with E-state index in [9.17, 15) is 0 Å². The van der Waals surface area contributed by atoms with E-state index < -0.39 is 0 Å². The van der Waals surface area contributed by atoms with Crippen LogP contribution in [0.2, 0.25) is 0 Å². The van der Waals surface area contributed by atoms with Crippen molar-refractivity contribution in [2.75, 3.05) is 26.2 Å². The minimum absolute atomic E-state index is 0.761. The van der Waals surface area contributed by atoms with Gasteiger partial charge in [0, 0.05) is 37.1 Å². The quantitative estimate of drug-likeness (QED) is 0.910. The molecule has 1 aliphatic heterocycles. The Hall–Kier alpha value is -0.380. The van der Waals surface area contributed by atoms with Crippen molar-refractivity contribution in [3.8, 4) is 0 Å². The lowest BCUT2D eigenvalue weighted by Gasteiger charge is -2.39. The van der Waals surface area contributed by atoms with Gasteiger partial charge in [0.05, 0.1) is 0 Å². The summed E-state index contributed by atoms with van der Waals surface area (Å²) in [5, 5.41) is 5.97. The topological polar surface area (TPSA) is 15.3 Å². The molecule has 1 N–H and O–H groups in total. The summed E-state index contributed by atoms with van der Waals surface area (Å²) in [4.78, 5) is 4.21. The first-order valence-electron chi connectivity index (χ1n) is 7.90. The van der Waals surface area contributed by atoms with Crippen molar-refractivity contribution in [3.05, 3.63) is 22.4 Å². The van der Waals surface area contributed by atoms with Crippen molar-refractivity contribution in [2.24, 2.45) is 5.92 Å². The Morgan fingerprint density at radius 2 is 2.16 bits per heavy atom. The average Bonchev–Trinajstić information content (AvgIpc) is 3.00.